The maximum atomic E-state index is 5.52. The van der Waals surface area contributed by atoms with Crippen LogP contribution < -0.4 is 32.3 Å². The van der Waals surface area contributed by atoms with E-state index in [9.17, 15) is 0 Å². The summed E-state index contributed by atoms with van der Waals surface area (Å²) in [6, 6.07) is 5.95. The normalized spacial score (nSPS) is 12.9. The van der Waals surface area contributed by atoms with Gasteiger partial charge in [0.25, 0.3) is 0 Å². The second-order valence-electron chi connectivity index (χ2n) is 6.46. The van der Waals surface area contributed by atoms with E-state index in [1.807, 2.05) is 12.1 Å². The number of rotatable bonds is 8. The van der Waals surface area contributed by atoms with Crippen LogP contribution in [-0.4, -0.2) is 34.9 Å². The maximum absolute atomic E-state index is 5.52. The van der Waals surface area contributed by atoms with Gasteiger partial charge in [-0.05, 0) is 69.0 Å². The van der Waals surface area contributed by atoms with E-state index in [1.165, 1.54) is 0 Å². The summed E-state index contributed by atoms with van der Waals surface area (Å²) in [4.78, 5) is 0. The number of nitrogens with one attached hydrogen (secondary N) is 6. The van der Waals surface area contributed by atoms with Crippen molar-refractivity contribution < 1.29 is 4.42 Å². The highest BCUT2D eigenvalue weighted by Crippen LogP contribution is 2.25. The molecule has 0 radical (unpaired) electrons. The fourth-order valence-corrected chi connectivity index (χ4v) is 3.07. The van der Waals surface area contributed by atoms with Crippen LogP contribution in [0.1, 0.15) is 35.7 Å². The molecule has 0 saturated carbocycles. The highest BCUT2D eigenvalue weighted by atomic mass is 32.1. The average Bonchev–Trinajstić information content (AvgIpc) is 3.30. The van der Waals surface area contributed by atoms with E-state index in [2.05, 4.69) is 63.7 Å². The maximum Gasteiger partial charge on any atom is 0.180 e. The summed E-state index contributed by atoms with van der Waals surface area (Å²) in [7, 11) is 3.54. The van der Waals surface area contributed by atoms with Crippen LogP contribution in [0, 0.1) is 13.8 Å². The average molecular weight is 424 g/mol. The molecule has 0 aliphatic carbocycles. The van der Waals surface area contributed by atoms with Gasteiger partial charge in [-0.1, -0.05) is 0 Å². The molecule has 154 valence electrons. The zero-order valence-corrected chi connectivity index (χ0v) is 18.5. The van der Waals surface area contributed by atoms with Gasteiger partial charge < -0.3 is 19.6 Å². The van der Waals surface area contributed by atoms with E-state index >= 15 is 0 Å². The van der Waals surface area contributed by atoms with Crippen LogP contribution in [0.3, 0.4) is 0 Å². The zero-order valence-electron chi connectivity index (χ0n) is 16.8. The smallest absolute Gasteiger partial charge is 0.180 e. The summed E-state index contributed by atoms with van der Waals surface area (Å²) in [5.41, 5.74) is 16.0. The van der Waals surface area contributed by atoms with Gasteiger partial charge in [0, 0.05) is 31.5 Å². The van der Waals surface area contributed by atoms with Crippen molar-refractivity contribution in [2.75, 3.05) is 14.1 Å². The van der Waals surface area contributed by atoms with Crippen LogP contribution in [0.5, 0.6) is 0 Å². The van der Waals surface area contributed by atoms with E-state index in [-0.39, 0.29) is 12.1 Å². The Morgan fingerprint density at radius 1 is 1.11 bits per heavy atom. The molecule has 8 nitrogen and oxygen atoms in total. The predicted molar refractivity (Wildman–Crippen MR) is 120 cm³/mol. The molecule has 0 aromatic carbocycles. The van der Waals surface area contributed by atoms with Gasteiger partial charge in [-0.3, -0.25) is 10.9 Å². The highest BCUT2D eigenvalue weighted by Gasteiger charge is 2.24. The summed E-state index contributed by atoms with van der Waals surface area (Å²) >= 11 is 10.4. The lowest BCUT2D eigenvalue weighted by Gasteiger charge is -2.28. The van der Waals surface area contributed by atoms with Crippen molar-refractivity contribution in [3.05, 3.63) is 47.2 Å². The Labute approximate surface area is 176 Å². The van der Waals surface area contributed by atoms with Crippen molar-refractivity contribution in [1.82, 2.24) is 36.9 Å². The lowest BCUT2D eigenvalue weighted by atomic mass is 10.0. The molecule has 2 aromatic heterocycles. The van der Waals surface area contributed by atoms with E-state index in [4.69, 9.17) is 28.9 Å². The molecule has 0 amide bonds. The van der Waals surface area contributed by atoms with Gasteiger partial charge in [0.15, 0.2) is 10.2 Å². The summed E-state index contributed by atoms with van der Waals surface area (Å²) in [5.74, 6) is 0.916. The van der Waals surface area contributed by atoms with Crippen molar-refractivity contribution >= 4 is 34.7 Å². The SMILES string of the molecule is CNC(=S)NNC(C)C(NNC(=S)NC)c1cc(C)n(Cc2ccco2)c1C. The van der Waals surface area contributed by atoms with E-state index in [1.54, 1.807) is 20.4 Å². The third kappa shape index (κ3) is 5.68. The Morgan fingerprint density at radius 2 is 1.75 bits per heavy atom. The van der Waals surface area contributed by atoms with E-state index < -0.39 is 0 Å². The van der Waals surface area contributed by atoms with Crippen molar-refractivity contribution in [1.29, 1.82) is 0 Å². The second-order valence-corrected chi connectivity index (χ2v) is 7.27. The minimum Gasteiger partial charge on any atom is -0.467 e. The highest BCUT2D eigenvalue weighted by molar-refractivity contribution is 7.80. The lowest BCUT2D eigenvalue weighted by Crippen LogP contribution is -2.54. The van der Waals surface area contributed by atoms with Crippen molar-refractivity contribution in [3.8, 4) is 0 Å². The third-order valence-electron chi connectivity index (χ3n) is 4.55. The molecular formula is C18H29N7OS2. The van der Waals surface area contributed by atoms with Gasteiger partial charge in [-0.25, -0.2) is 10.9 Å². The van der Waals surface area contributed by atoms with Crippen molar-refractivity contribution in [2.45, 2.75) is 39.4 Å². The summed E-state index contributed by atoms with van der Waals surface area (Å²) in [6.45, 7) is 6.94. The first-order chi connectivity index (χ1) is 13.4. The quantitative estimate of drug-likeness (QED) is 0.278. The molecule has 2 heterocycles. The van der Waals surface area contributed by atoms with Gasteiger partial charge in [0.1, 0.15) is 5.76 Å². The minimum atomic E-state index is -0.0880. The van der Waals surface area contributed by atoms with Gasteiger partial charge >= 0.3 is 0 Å². The second kappa shape index (κ2) is 10.4. The van der Waals surface area contributed by atoms with Crippen molar-refractivity contribution in [2.24, 2.45) is 0 Å². The van der Waals surface area contributed by atoms with Crippen LogP contribution in [0.2, 0.25) is 0 Å². The lowest BCUT2D eigenvalue weighted by molar-refractivity contribution is 0.368. The number of hydrazine groups is 2. The molecule has 0 bridgehead atoms. The predicted octanol–water partition coefficient (Wildman–Crippen LogP) is 1.37. The van der Waals surface area contributed by atoms with Gasteiger partial charge in [-0.2, -0.15) is 0 Å². The fraction of sp³-hybridized carbons (Fsp3) is 0.444. The molecule has 2 unspecified atom stereocenters. The Kier molecular flexibility index (Phi) is 8.24. The third-order valence-corrected chi connectivity index (χ3v) is 5.16. The molecule has 0 spiro atoms. The van der Waals surface area contributed by atoms with Crippen LogP contribution in [0.25, 0.3) is 0 Å². The van der Waals surface area contributed by atoms with Gasteiger partial charge in [-0.15, -0.1) is 0 Å². The Bertz CT molecular complexity index is 788. The first-order valence-electron chi connectivity index (χ1n) is 9.02. The topological polar surface area (TPSA) is 90.2 Å². The fourth-order valence-electron chi connectivity index (χ4n) is 2.95. The molecule has 28 heavy (non-hydrogen) atoms. The first kappa shape index (κ1) is 22.2. The Hall–Kier alpha value is -2.14. The number of aryl methyl sites for hydroxylation is 1. The molecule has 0 aliphatic heterocycles. The summed E-state index contributed by atoms with van der Waals surface area (Å²) < 4.78 is 7.75. The van der Waals surface area contributed by atoms with Crippen LogP contribution in [0.4, 0.5) is 0 Å². The van der Waals surface area contributed by atoms with E-state index in [0.717, 1.165) is 22.7 Å². The standard InChI is InChI=1S/C18H29N7OS2/c1-11-9-15(13(3)25(11)10-14-7-6-8-26-14)16(22-24-18(28)20-5)12(2)21-23-17(27)19-4/h6-9,12,16,21-22H,10H2,1-5H3,(H2,19,23,27)(H2,20,24,28). The zero-order chi connectivity index (χ0) is 20.7. The molecule has 0 saturated heterocycles. The number of thiocarbonyl (C=S) groups is 2. The van der Waals surface area contributed by atoms with Gasteiger partial charge in [0.2, 0.25) is 0 Å². The number of furan rings is 1. The minimum absolute atomic E-state index is 0.0176. The number of nitrogens with zero attached hydrogens (tertiary/aromatic N) is 1. The first-order valence-corrected chi connectivity index (χ1v) is 9.84. The molecule has 10 heteroatoms. The number of hydrogen-bond donors (Lipinski definition) is 6. The molecule has 2 aromatic rings. The number of aromatic nitrogens is 1. The van der Waals surface area contributed by atoms with Crippen LogP contribution >= 0.6 is 24.4 Å². The number of hydrogen-bond acceptors (Lipinski definition) is 5. The molecular weight excluding hydrogens is 394 g/mol. The Balaban J connectivity index is 2.25. The van der Waals surface area contributed by atoms with Crippen molar-refractivity contribution in [3.63, 3.8) is 0 Å². The molecule has 0 fully saturated rings. The van der Waals surface area contributed by atoms with Crippen LogP contribution in [-0.2, 0) is 6.54 Å². The summed E-state index contributed by atoms with van der Waals surface area (Å²) in [5, 5.41) is 6.82. The molecule has 2 atom stereocenters. The van der Waals surface area contributed by atoms with E-state index in [0.29, 0.717) is 16.8 Å². The Morgan fingerprint density at radius 3 is 2.32 bits per heavy atom. The summed E-state index contributed by atoms with van der Waals surface area (Å²) in [6.07, 6.45) is 1.69. The molecule has 0 aliphatic rings. The van der Waals surface area contributed by atoms with Gasteiger partial charge in [0.05, 0.1) is 18.8 Å². The largest absolute Gasteiger partial charge is 0.467 e. The molecule has 6 N–H and O–H groups in total. The molecule has 2 rings (SSSR count). The van der Waals surface area contributed by atoms with Crippen LogP contribution in [0.15, 0.2) is 28.9 Å². The monoisotopic (exact) mass is 423 g/mol.